The van der Waals surface area contributed by atoms with E-state index in [4.69, 9.17) is 65.7 Å². The number of hydrogen-bond acceptors (Lipinski definition) is 5. The van der Waals surface area contributed by atoms with Crippen LogP contribution >= 0.6 is 46.4 Å². The fraction of sp³-hybridized carbons (Fsp3) is 0.208. The first-order valence-corrected chi connectivity index (χ1v) is 11.6. The fourth-order valence-corrected chi connectivity index (χ4v) is 5.27. The molecule has 0 saturated carbocycles. The first kappa shape index (κ1) is 22.5. The Bertz CT molecular complexity index is 1280. The lowest BCUT2D eigenvalue weighted by Crippen LogP contribution is -2.34. The van der Waals surface area contributed by atoms with Gasteiger partial charge in [-0.2, -0.15) is 5.10 Å². The first-order chi connectivity index (χ1) is 15.9. The second-order valence-corrected chi connectivity index (χ2v) is 9.35. The van der Waals surface area contributed by atoms with Crippen molar-refractivity contribution in [2.75, 3.05) is 14.2 Å². The molecule has 2 aliphatic heterocycles. The summed E-state index contributed by atoms with van der Waals surface area (Å²) in [4.78, 5) is 0. The van der Waals surface area contributed by atoms with Gasteiger partial charge in [0, 0.05) is 33.2 Å². The van der Waals surface area contributed by atoms with Crippen molar-refractivity contribution in [2.45, 2.75) is 18.7 Å². The molecule has 0 radical (unpaired) electrons. The lowest BCUT2D eigenvalue weighted by atomic mass is 9.95. The van der Waals surface area contributed by atoms with Crippen LogP contribution in [0.2, 0.25) is 20.1 Å². The predicted molar refractivity (Wildman–Crippen MR) is 132 cm³/mol. The summed E-state index contributed by atoms with van der Waals surface area (Å²) in [5, 5.41) is 8.83. The third-order valence-corrected chi connectivity index (χ3v) is 6.81. The molecule has 0 amide bonds. The molecule has 0 aliphatic carbocycles. The number of ether oxygens (including phenoxy) is 3. The Morgan fingerprint density at radius 1 is 0.848 bits per heavy atom. The number of hydrogen-bond donors (Lipinski definition) is 0. The van der Waals surface area contributed by atoms with Crippen molar-refractivity contribution < 1.29 is 14.2 Å². The van der Waals surface area contributed by atoms with E-state index in [2.05, 4.69) is 0 Å². The molecule has 0 aromatic heterocycles. The van der Waals surface area contributed by atoms with Gasteiger partial charge >= 0.3 is 0 Å². The molecule has 2 aliphatic rings. The zero-order valence-electron chi connectivity index (χ0n) is 17.6. The molecule has 170 valence electrons. The minimum atomic E-state index is -0.594. The Kier molecular flexibility index (Phi) is 6.00. The van der Waals surface area contributed by atoms with Crippen LogP contribution in [0.15, 0.2) is 53.6 Å². The van der Waals surface area contributed by atoms with Crippen molar-refractivity contribution in [1.29, 1.82) is 0 Å². The number of methoxy groups -OCH3 is 2. The average Bonchev–Trinajstić information content (AvgIpc) is 3.24. The standard InChI is InChI=1S/C24H18Cl4N2O3/c1-31-21-6-3-12(7-22(21)32-2)19-11-20-16-8-14(26)10-18(28)23(16)33-24(30(20)29-19)15-5-4-13(25)9-17(15)27/h3-10,20,24H,11H2,1-2H3/t20-,24+/m0/s1. The molecule has 5 nitrogen and oxygen atoms in total. The Labute approximate surface area is 211 Å². The number of nitrogens with zero attached hydrogens (tertiary/aromatic N) is 2. The summed E-state index contributed by atoms with van der Waals surface area (Å²) in [6, 6.07) is 14.4. The summed E-state index contributed by atoms with van der Waals surface area (Å²) < 4.78 is 17.2. The van der Waals surface area contributed by atoms with Gasteiger partial charge in [-0.15, -0.1) is 0 Å². The molecule has 0 N–H and O–H groups in total. The molecule has 0 saturated heterocycles. The molecule has 0 fully saturated rings. The van der Waals surface area contributed by atoms with Crippen LogP contribution in [0.25, 0.3) is 0 Å². The average molecular weight is 524 g/mol. The maximum absolute atomic E-state index is 6.55. The highest BCUT2D eigenvalue weighted by Crippen LogP contribution is 2.51. The third-order valence-electron chi connectivity index (χ3n) is 5.75. The molecule has 0 spiro atoms. The van der Waals surface area contributed by atoms with Crippen LogP contribution in [0.4, 0.5) is 0 Å². The van der Waals surface area contributed by atoms with Crippen molar-refractivity contribution in [1.82, 2.24) is 5.01 Å². The maximum atomic E-state index is 6.55. The molecule has 5 rings (SSSR count). The quantitative estimate of drug-likeness (QED) is 0.354. The van der Waals surface area contributed by atoms with E-state index in [1.165, 1.54) is 0 Å². The van der Waals surface area contributed by atoms with Gasteiger partial charge < -0.3 is 14.2 Å². The van der Waals surface area contributed by atoms with Gasteiger partial charge in [0.05, 0.1) is 36.0 Å². The Hall–Kier alpha value is -2.31. The van der Waals surface area contributed by atoms with Crippen LogP contribution in [0.5, 0.6) is 17.2 Å². The van der Waals surface area contributed by atoms with E-state index in [9.17, 15) is 0 Å². The number of halogens is 4. The SMILES string of the molecule is COc1ccc(C2=NN3[C@@H](c4ccc(Cl)cc4Cl)Oc4c(Cl)cc(Cl)cc4[C@@H]3C2)cc1OC. The van der Waals surface area contributed by atoms with Gasteiger partial charge in [-0.3, -0.25) is 0 Å². The van der Waals surface area contributed by atoms with Gasteiger partial charge in [0.1, 0.15) is 5.75 Å². The summed E-state index contributed by atoms with van der Waals surface area (Å²) in [5.41, 5.74) is 3.38. The minimum Gasteiger partial charge on any atom is -0.493 e. The summed E-state index contributed by atoms with van der Waals surface area (Å²) in [6.45, 7) is 0. The van der Waals surface area contributed by atoms with E-state index >= 15 is 0 Å². The monoisotopic (exact) mass is 522 g/mol. The molecule has 3 aromatic rings. The molecule has 33 heavy (non-hydrogen) atoms. The zero-order valence-corrected chi connectivity index (χ0v) is 20.6. The Morgan fingerprint density at radius 2 is 1.61 bits per heavy atom. The lowest BCUT2D eigenvalue weighted by molar-refractivity contribution is -0.0188. The highest BCUT2D eigenvalue weighted by Gasteiger charge is 2.42. The molecule has 0 bridgehead atoms. The van der Waals surface area contributed by atoms with Gasteiger partial charge in [0.15, 0.2) is 11.5 Å². The molecule has 0 unspecified atom stereocenters. The van der Waals surface area contributed by atoms with Gasteiger partial charge in [-0.25, -0.2) is 5.01 Å². The van der Waals surface area contributed by atoms with Crippen LogP contribution in [0.3, 0.4) is 0 Å². The van der Waals surface area contributed by atoms with E-state index in [0.29, 0.717) is 43.8 Å². The van der Waals surface area contributed by atoms with Crippen molar-refractivity contribution in [2.24, 2.45) is 5.10 Å². The Balaban J connectivity index is 1.63. The van der Waals surface area contributed by atoms with Crippen LogP contribution in [0, 0.1) is 0 Å². The maximum Gasteiger partial charge on any atom is 0.215 e. The van der Waals surface area contributed by atoms with Crippen molar-refractivity contribution in [3.8, 4) is 17.2 Å². The number of benzene rings is 3. The molecule has 2 heterocycles. The Morgan fingerprint density at radius 3 is 2.33 bits per heavy atom. The normalized spacial score (nSPS) is 18.8. The van der Waals surface area contributed by atoms with Crippen LogP contribution in [-0.4, -0.2) is 24.9 Å². The van der Waals surface area contributed by atoms with Crippen molar-refractivity contribution >= 4 is 52.1 Å². The number of fused-ring (bicyclic) bond motifs is 3. The lowest BCUT2D eigenvalue weighted by Gasteiger charge is -2.39. The van der Waals surface area contributed by atoms with Crippen molar-refractivity contribution in [3.05, 3.63) is 85.3 Å². The summed E-state index contributed by atoms with van der Waals surface area (Å²) in [6.07, 6.45) is 0.0214. The topological polar surface area (TPSA) is 43.3 Å². The van der Waals surface area contributed by atoms with E-state index in [1.807, 2.05) is 35.3 Å². The summed E-state index contributed by atoms with van der Waals surface area (Å²) >= 11 is 25.5. The largest absolute Gasteiger partial charge is 0.493 e. The van der Waals surface area contributed by atoms with E-state index in [0.717, 1.165) is 22.4 Å². The zero-order chi connectivity index (χ0) is 23.3. The van der Waals surface area contributed by atoms with Crippen LogP contribution in [0.1, 0.15) is 35.4 Å². The first-order valence-electron chi connectivity index (χ1n) is 10.1. The molecular formula is C24H18Cl4N2O3. The van der Waals surface area contributed by atoms with E-state index < -0.39 is 6.23 Å². The van der Waals surface area contributed by atoms with Gasteiger partial charge in [-0.05, 0) is 42.5 Å². The highest BCUT2D eigenvalue weighted by atomic mass is 35.5. The second kappa shape index (κ2) is 8.80. The van der Waals surface area contributed by atoms with Gasteiger partial charge in [0.2, 0.25) is 6.23 Å². The highest BCUT2D eigenvalue weighted by molar-refractivity contribution is 6.36. The van der Waals surface area contributed by atoms with E-state index in [1.54, 1.807) is 32.4 Å². The third kappa shape index (κ3) is 3.97. The molecule has 9 heteroatoms. The number of hydrazone groups is 1. The number of rotatable bonds is 4. The summed E-state index contributed by atoms with van der Waals surface area (Å²) in [5.74, 6) is 1.85. The fourth-order valence-electron chi connectivity index (χ4n) is 4.21. The summed E-state index contributed by atoms with van der Waals surface area (Å²) in [7, 11) is 3.21. The van der Waals surface area contributed by atoms with Crippen molar-refractivity contribution in [3.63, 3.8) is 0 Å². The molecular weight excluding hydrogens is 506 g/mol. The van der Waals surface area contributed by atoms with E-state index in [-0.39, 0.29) is 6.04 Å². The second-order valence-electron chi connectivity index (χ2n) is 7.66. The van der Waals surface area contributed by atoms with Gasteiger partial charge in [0.25, 0.3) is 0 Å². The van der Waals surface area contributed by atoms with Crippen LogP contribution in [-0.2, 0) is 0 Å². The molecule has 3 aromatic carbocycles. The smallest absolute Gasteiger partial charge is 0.215 e. The minimum absolute atomic E-state index is 0.148. The molecule has 2 atom stereocenters. The van der Waals surface area contributed by atoms with Crippen LogP contribution < -0.4 is 14.2 Å². The van der Waals surface area contributed by atoms with Gasteiger partial charge in [-0.1, -0.05) is 52.5 Å². The predicted octanol–water partition coefficient (Wildman–Crippen LogP) is 7.56.